The van der Waals surface area contributed by atoms with Gasteiger partial charge in [-0.15, -0.1) is 0 Å². The molecule has 2 aromatic carbocycles. The standard InChI is InChI=1S/C16H12N2O4/c17-11-5-10(6-12(18)7-11)16(20)21-13-3-1-9-2-4-15(19)22-14(9)8-13/h1-8H,17-18H2. The van der Waals surface area contributed by atoms with Crippen LogP contribution in [-0.4, -0.2) is 5.97 Å². The van der Waals surface area contributed by atoms with E-state index in [9.17, 15) is 9.59 Å². The number of hydrogen-bond acceptors (Lipinski definition) is 6. The van der Waals surface area contributed by atoms with Crippen molar-refractivity contribution >= 4 is 28.3 Å². The average Bonchev–Trinajstić information content (AvgIpc) is 2.45. The van der Waals surface area contributed by atoms with Gasteiger partial charge < -0.3 is 20.6 Å². The molecule has 0 spiro atoms. The third-order valence-corrected chi connectivity index (χ3v) is 3.02. The van der Waals surface area contributed by atoms with E-state index >= 15 is 0 Å². The van der Waals surface area contributed by atoms with Gasteiger partial charge in [0, 0.05) is 28.9 Å². The van der Waals surface area contributed by atoms with Crippen molar-refractivity contribution in [3.05, 3.63) is 64.5 Å². The quantitative estimate of drug-likeness (QED) is 0.325. The molecule has 3 aromatic rings. The Hall–Kier alpha value is -3.28. The molecule has 0 amide bonds. The topological polar surface area (TPSA) is 109 Å². The number of nitrogen functional groups attached to an aromatic ring is 2. The van der Waals surface area contributed by atoms with Gasteiger partial charge in [0.2, 0.25) is 0 Å². The molecular formula is C16H12N2O4. The molecule has 110 valence electrons. The fourth-order valence-corrected chi connectivity index (χ4v) is 2.06. The summed E-state index contributed by atoms with van der Waals surface area (Å²) in [5, 5.41) is 0.729. The van der Waals surface area contributed by atoms with E-state index in [1.54, 1.807) is 24.3 Å². The van der Waals surface area contributed by atoms with E-state index in [4.69, 9.17) is 20.6 Å². The maximum absolute atomic E-state index is 12.1. The van der Waals surface area contributed by atoms with Gasteiger partial charge in [0.25, 0.3) is 0 Å². The van der Waals surface area contributed by atoms with Gasteiger partial charge in [-0.3, -0.25) is 0 Å². The van der Waals surface area contributed by atoms with Crippen molar-refractivity contribution in [2.45, 2.75) is 0 Å². The van der Waals surface area contributed by atoms with Crippen LogP contribution < -0.4 is 21.8 Å². The SMILES string of the molecule is Nc1cc(N)cc(C(=O)Oc2ccc3ccc(=O)oc3c2)c1. The first-order chi connectivity index (χ1) is 10.5. The largest absolute Gasteiger partial charge is 0.423 e. The van der Waals surface area contributed by atoms with E-state index in [0.717, 1.165) is 5.39 Å². The Balaban J connectivity index is 1.91. The first kappa shape index (κ1) is 13.7. The molecule has 6 nitrogen and oxygen atoms in total. The Labute approximate surface area is 124 Å². The fraction of sp³-hybridized carbons (Fsp3) is 0. The van der Waals surface area contributed by atoms with Gasteiger partial charge in [0.05, 0.1) is 5.56 Å². The molecule has 0 saturated carbocycles. The van der Waals surface area contributed by atoms with Gasteiger partial charge in [0.15, 0.2) is 0 Å². The Kier molecular flexibility index (Phi) is 3.27. The Morgan fingerprint density at radius 1 is 0.955 bits per heavy atom. The van der Waals surface area contributed by atoms with Gasteiger partial charge >= 0.3 is 11.6 Å². The zero-order valence-electron chi connectivity index (χ0n) is 11.4. The highest BCUT2D eigenvalue weighted by Crippen LogP contribution is 2.21. The lowest BCUT2D eigenvalue weighted by Gasteiger charge is -2.06. The van der Waals surface area contributed by atoms with Crippen LogP contribution in [0.3, 0.4) is 0 Å². The van der Waals surface area contributed by atoms with Crippen LogP contribution in [0.15, 0.2) is 57.7 Å². The van der Waals surface area contributed by atoms with E-state index in [1.165, 1.54) is 24.3 Å². The van der Waals surface area contributed by atoms with E-state index < -0.39 is 11.6 Å². The third-order valence-electron chi connectivity index (χ3n) is 3.02. The van der Waals surface area contributed by atoms with E-state index in [0.29, 0.717) is 17.0 Å². The monoisotopic (exact) mass is 296 g/mol. The molecule has 0 atom stereocenters. The van der Waals surface area contributed by atoms with Crippen molar-refractivity contribution in [3.63, 3.8) is 0 Å². The second kappa shape index (κ2) is 5.25. The van der Waals surface area contributed by atoms with Crippen molar-refractivity contribution < 1.29 is 13.9 Å². The first-order valence-corrected chi connectivity index (χ1v) is 6.43. The van der Waals surface area contributed by atoms with Crippen molar-refractivity contribution in [1.82, 2.24) is 0 Å². The molecule has 0 unspecified atom stereocenters. The zero-order valence-corrected chi connectivity index (χ0v) is 11.4. The van der Waals surface area contributed by atoms with E-state index in [2.05, 4.69) is 0 Å². The molecule has 0 saturated heterocycles. The lowest BCUT2D eigenvalue weighted by Crippen LogP contribution is -2.09. The number of anilines is 2. The van der Waals surface area contributed by atoms with Crippen LogP contribution in [0.25, 0.3) is 11.0 Å². The Bertz CT molecular complexity index is 911. The van der Waals surface area contributed by atoms with Crippen molar-refractivity contribution in [3.8, 4) is 5.75 Å². The van der Waals surface area contributed by atoms with E-state index in [1.807, 2.05) is 0 Å². The Morgan fingerprint density at radius 2 is 1.64 bits per heavy atom. The van der Waals surface area contributed by atoms with Crippen LogP contribution in [0.2, 0.25) is 0 Å². The predicted molar refractivity (Wildman–Crippen MR) is 82.7 cm³/mol. The summed E-state index contributed by atoms with van der Waals surface area (Å²) in [6.07, 6.45) is 0. The van der Waals surface area contributed by atoms with Crippen molar-refractivity contribution in [2.24, 2.45) is 0 Å². The van der Waals surface area contributed by atoms with Crippen LogP contribution in [0, 0.1) is 0 Å². The summed E-state index contributed by atoms with van der Waals surface area (Å²) in [7, 11) is 0. The number of carbonyl (C=O) groups excluding carboxylic acids is 1. The number of esters is 1. The van der Waals surface area contributed by atoms with Crippen LogP contribution >= 0.6 is 0 Å². The summed E-state index contributed by atoms with van der Waals surface area (Å²) >= 11 is 0. The summed E-state index contributed by atoms with van der Waals surface area (Å²) in [5.41, 5.74) is 12.1. The number of nitrogens with two attached hydrogens (primary N) is 2. The maximum atomic E-state index is 12.1. The molecule has 3 rings (SSSR count). The number of carbonyl (C=O) groups is 1. The van der Waals surface area contributed by atoms with Crippen molar-refractivity contribution in [2.75, 3.05) is 11.5 Å². The molecule has 0 bridgehead atoms. The lowest BCUT2D eigenvalue weighted by atomic mass is 10.2. The predicted octanol–water partition coefficient (Wildman–Crippen LogP) is 2.18. The Morgan fingerprint density at radius 3 is 2.36 bits per heavy atom. The highest BCUT2D eigenvalue weighted by atomic mass is 16.5. The summed E-state index contributed by atoms with van der Waals surface area (Å²) in [4.78, 5) is 23.3. The number of benzene rings is 2. The summed E-state index contributed by atoms with van der Waals surface area (Å²) in [6.45, 7) is 0. The van der Waals surface area contributed by atoms with Gasteiger partial charge in [-0.25, -0.2) is 9.59 Å². The number of hydrogen-bond donors (Lipinski definition) is 2. The van der Waals surface area contributed by atoms with Gasteiger partial charge in [-0.05, 0) is 36.4 Å². The molecule has 4 N–H and O–H groups in total. The smallest absolute Gasteiger partial charge is 0.343 e. The average molecular weight is 296 g/mol. The lowest BCUT2D eigenvalue weighted by molar-refractivity contribution is 0.0735. The fourth-order valence-electron chi connectivity index (χ4n) is 2.06. The molecule has 6 heteroatoms. The highest BCUT2D eigenvalue weighted by Gasteiger charge is 2.11. The molecule has 0 fully saturated rings. The molecule has 0 aliphatic rings. The number of fused-ring (bicyclic) bond motifs is 1. The maximum Gasteiger partial charge on any atom is 0.343 e. The molecule has 1 heterocycles. The van der Waals surface area contributed by atoms with Gasteiger partial charge in [0.1, 0.15) is 11.3 Å². The summed E-state index contributed by atoms with van der Waals surface area (Å²) in [5.74, 6) is -0.343. The molecule has 0 aliphatic heterocycles. The third kappa shape index (κ3) is 2.76. The minimum atomic E-state index is -0.600. The second-order valence-corrected chi connectivity index (χ2v) is 4.73. The highest BCUT2D eigenvalue weighted by molar-refractivity contribution is 5.93. The summed E-state index contributed by atoms with van der Waals surface area (Å²) < 4.78 is 10.3. The molecule has 0 radical (unpaired) electrons. The van der Waals surface area contributed by atoms with Crippen molar-refractivity contribution in [1.29, 1.82) is 0 Å². The van der Waals surface area contributed by atoms with Crippen LogP contribution in [-0.2, 0) is 0 Å². The number of ether oxygens (including phenoxy) is 1. The normalized spacial score (nSPS) is 10.5. The summed E-state index contributed by atoms with van der Waals surface area (Å²) in [6, 6.07) is 12.2. The molecular weight excluding hydrogens is 284 g/mol. The number of rotatable bonds is 2. The van der Waals surface area contributed by atoms with E-state index in [-0.39, 0.29) is 11.3 Å². The van der Waals surface area contributed by atoms with Crippen LogP contribution in [0.5, 0.6) is 5.75 Å². The minimum Gasteiger partial charge on any atom is -0.423 e. The van der Waals surface area contributed by atoms with Crippen LogP contribution in [0.4, 0.5) is 11.4 Å². The molecule has 0 aliphatic carbocycles. The minimum absolute atomic E-state index is 0.243. The van der Waals surface area contributed by atoms with Gasteiger partial charge in [-0.2, -0.15) is 0 Å². The molecule has 22 heavy (non-hydrogen) atoms. The molecule has 1 aromatic heterocycles. The van der Waals surface area contributed by atoms with Gasteiger partial charge in [-0.1, -0.05) is 0 Å². The first-order valence-electron chi connectivity index (χ1n) is 6.43. The second-order valence-electron chi connectivity index (χ2n) is 4.73. The zero-order chi connectivity index (χ0) is 15.7. The van der Waals surface area contributed by atoms with Crippen LogP contribution in [0.1, 0.15) is 10.4 Å².